The normalized spacial score (nSPS) is 16.7. The second-order valence-electron chi connectivity index (χ2n) is 5.91. The molecule has 2 N–H and O–H groups in total. The fourth-order valence-corrected chi connectivity index (χ4v) is 2.84. The summed E-state index contributed by atoms with van der Waals surface area (Å²) in [6.45, 7) is 0.563. The first-order valence-electron chi connectivity index (χ1n) is 8.21. The zero-order valence-corrected chi connectivity index (χ0v) is 14.1. The third-order valence-corrected chi connectivity index (χ3v) is 4.16. The Hall–Kier alpha value is -3.20. The van der Waals surface area contributed by atoms with Crippen molar-refractivity contribution in [2.24, 2.45) is 0 Å². The molecular weight excluding hydrogens is 338 g/mol. The van der Waals surface area contributed by atoms with Gasteiger partial charge in [0.25, 0.3) is 11.5 Å². The summed E-state index contributed by atoms with van der Waals surface area (Å²) in [5.41, 5.74) is 0.376. The smallest absolute Gasteiger partial charge is 0.254 e. The molecule has 26 heavy (non-hydrogen) atoms. The Morgan fingerprint density at radius 1 is 1.38 bits per heavy atom. The summed E-state index contributed by atoms with van der Waals surface area (Å²) in [4.78, 5) is 31.1. The summed E-state index contributed by atoms with van der Waals surface area (Å²) >= 11 is 0. The first kappa shape index (κ1) is 16.3. The van der Waals surface area contributed by atoms with Crippen LogP contribution in [0.3, 0.4) is 0 Å². The monoisotopic (exact) mass is 355 g/mol. The van der Waals surface area contributed by atoms with Crippen LogP contribution in [-0.4, -0.2) is 45.3 Å². The number of hydrogen-bond donors (Lipinski definition) is 2. The van der Waals surface area contributed by atoms with Crippen LogP contribution in [0.1, 0.15) is 12.8 Å². The van der Waals surface area contributed by atoms with Crippen LogP contribution in [0.4, 0.5) is 5.82 Å². The molecule has 0 radical (unpaired) electrons. The molecule has 4 rings (SSSR count). The molecule has 1 fully saturated rings. The summed E-state index contributed by atoms with van der Waals surface area (Å²) in [5, 5.41) is 7.11. The van der Waals surface area contributed by atoms with Gasteiger partial charge in [0, 0.05) is 18.2 Å². The summed E-state index contributed by atoms with van der Waals surface area (Å²) in [5.74, 6) is 1.33. The topological polar surface area (TPSA) is 111 Å². The minimum Gasteiger partial charge on any atom is -0.497 e. The Bertz CT molecular complexity index is 1000. The van der Waals surface area contributed by atoms with Gasteiger partial charge in [-0.1, -0.05) is 0 Å². The second kappa shape index (κ2) is 6.60. The molecule has 1 atom stereocenters. The summed E-state index contributed by atoms with van der Waals surface area (Å²) in [7, 11) is 1.59. The highest BCUT2D eigenvalue weighted by Crippen LogP contribution is 2.21. The molecule has 0 bridgehead atoms. The van der Waals surface area contributed by atoms with E-state index in [1.54, 1.807) is 19.2 Å². The van der Waals surface area contributed by atoms with Crippen molar-refractivity contribution in [2.75, 3.05) is 19.0 Å². The lowest BCUT2D eigenvalue weighted by Gasteiger charge is -2.10. The molecule has 9 heteroatoms. The minimum absolute atomic E-state index is 0.242. The van der Waals surface area contributed by atoms with E-state index in [1.807, 2.05) is 12.1 Å². The summed E-state index contributed by atoms with van der Waals surface area (Å²) in [6, 6.07) is 8.49. The molecule has 3 heterocycles. The molecule has 0 spiro atoms. The van der Waals surface area contributed by atoms with Crippen LogP contribution in [0, 0.1) is 0 Å². The van der Waals surface area contributed by atoms with E-state index in [4.69, 9.17) is 9.47 Å². The van der Waals surface area contributed by atoms with Crippen molar-refractivity contribution in [2.45, 2.75) is 18.9 Å². The van der Waals surface area contributed by atoms with Crippen molar-refractivity contribution >= 4 is 17.5 Å². The Morgan fingerprint density at radius 3 is 2.88 bits per heavy atom. The number of carbonyl (C=O) groups excluding carboxylic acids is 1. The standard InChI is InChI=1S/C17H17N5O4/c1-25-11-6-4-10(5-7-11)15-20-17-19-14(23)9-13(22(17)21-15)18-16(24)12-3-2-8-26-12/h4-7,9,12H,2-3,8H2,1H3,(H,18,24)(H,19,20,21,23)/t12-/m0/s1. The highest BCUT2D eigenvalue weighted by atomic mass is 16.5. The molecule has 3 aromatic rings. The maximum Gasteiger partial charge on any atom is 0.254 e. The van der Waals surface area contributed by atoms with E-state index >= 15 is 0 Å². The Morgan fingerprint density at radius 2 is 2.19 bits per heavy atom. The van der Waals surface area contributed by atoms with Crippen molar-refractivity contribution in [3.63, 3.8) is 0 Å². The maximum atomic E-state index is 12.3. The number of ether oxygens (including phenoxy) is 2. The number of aromatic amines is 1. The van der Waals surface area contributed by atoms with Crippen LogP contribution >= 0.6 is 0 Å². The largest absolute Gasteiger partial charge is 0.497 e. The zero-order valence-electron chi connectivity index (χ0n) is 14.1. The van der Waals surface area contributed by atoms with Gasteiger partial charge >= 0.3 is 0 Å². The number of rotatable bonds is 4. The molecule has 1 aromatic carbocycles. The van der Waals surface area contributed by atoms with Gasteiger partial charge < -0.3 is 14.8 Å². The second-order valence-corrected chi connectivity index (χ2v) is 5.91. The summed E-state index contributed by atoms with van der Waals surface area (Å²) in [6.07, 6.45) is 0.995. The summed E-state index contributed by atoms with van der Waals surface area (Å²) < 4.78 is 11.9. The molecule has 1 amide bonds. The molecule has 1 aliphatic heterocycles. The number of hydrogen-bond acceptors (Lipinski definition) is 6. The molecule has 0 unspecified atom stereocenters. The van der Waals surface area contributed by atoms with E-state index in [-0.39, 0.29) is 23.1 Å². The van der Waals surface area contributed by atoms with Gasteiger partial charge in [-0.3, -0.25) is 14.6 Å². The number of anilines is 1. The van der Waals surface area contributed by atoms with E-state index in [9.17, 15) is 9.59 Å². The van der Waals surface area contributed by atoms with Crippen molar-refractivity contribution < 1.29 is 14.3 Å². The number of carbonyl (C=O) groups is 1. The fraction of sp³-hybridized carbons (Fsp3) is 0.294. The van der Waals surface area contributed by atoms with E-state index in [2.05, 4.69) is 20.4 Å². The maximum absolute atomic E-state index is 12.3. The molecule has 0 aliphatic carbocycles. The van der Waals surface area contributed by atoms with E-state index < -0.39 is 6.10 Å². The van der Waals surface area contributed by atoms with E-state index in [0.29, 0.717) is 18.9 Å². The van der Waals surface area contributed by atoms with Crippen molar-refractivity contribution in [3.8, 4) is 17.1 Å². The van der Waals surface area contributed by atoms with Crippen LogP contribution in [0.2, 0.25) is 0 Å². The number of nitrogens with zero attached hydrogens (tertiary/aromatic N) is 3. The van der Waals surface area contributed by atoms with Gasteiger partial charge in [-0.25, -0.2) is 0 Å². The highest BCUT2D eigenvalue weighted by molar-refractivity contribution is 5.93. The Labute approximate surface area is 148 Å². The minimum atomic E-state index is -0.506. The fourth-order valence-electron chi connectivity index (χ4n) is 2.84. The molecule has 0 saturated carbocycles. The molecule has 2 aromatic heterocycles. The highest BCUT2D eigenvalue weighted by Gasteiger charge is 2.24. The third kappa shape index (κ3) is 3.04. The number of amides is 1. The predicted octanol–water partition coefficient (Wildman–Crippen LogP) is 1.21. The number of fused-ring (bicyclic) bond motifs is 1. The SMILES string of the molecule is COc1ccc(-c2nc3[nH]c(=O)cc(NC(=O)[C@@H]4CCCO4)n3n2)cc1. The Kier molecular flexibility index (Phi) is 4.13. The number of nitrogens with one attached hydrogen (secondary N) is 2. The van der Waals surface area contributed by atoms with Crippen LogP contribution in [0.15, 0.2) is 35.1 Å². The number of benzene rings is 1. The average molecular weight is 355 g/mol. The third-order valence-electron chi connectivity index (χ3n) is 4.16. The van der Waals surface area contributed by atoms with Gasteiger partial charge in [-0.2, -0.15) is 9.50 Å². The number of H-pyrrole nitrogens is 1. The van der Waals surface area contributed by atoms with Crippen LogP contribution in [0.5, 0.6) is 5.75 Å². The molecule has 1 aliphatic rings. The molecule has 1 saturated heterocycles. The average Bonchev–Trinajstić information content (AvgIpc) is 3.31. The first-order valence-corrected chi connectivity index (χ1v) is 8.21. The van der Waals surface area contributed by atoms with Crippen molar-refractivity contribution in [1.29, 1.82) is 0 Å². The first-order chi connectivity index (χ1) is 12.6. The van der Waals surface area contributed by atoms with Crippen molar-refractivity contribution in [1.82, 2.24) is 19.6 Å². The molecule has 9 nitrogen and oxygen atoms in total. The predicted molar refractivity (Wildman–Crippen MR) is 93.2 cm³/mol. The lowest BCUT2D eigenvalue weighted by Crippen LogP contribution is -2.28. The quantitative estimate of drug-likeness (QED) is 0.728. The van der Waals surface area contributed by atoms with Crippen LogP contribution < -0.4 is 15.6 Å². The van der Waals surface area contributed by atoms with Gasteiger partial charge in [-0.05, 0) is 37.1 Å². The zero-order chi connectivity index (χ0) is 18.1. The van der Waals surface area contributed by atoms with Gasteiger partial charge in [0.2, 0.25) is 5.78 Å². The van der Waals surface area contributed by atoms with Crippen LogP contribution in [0.25, 0.3) is 17.2 Å². The van der Waals surface area contributed by atoms with Gasteiger partial charge in [0.05, 0.1) is 7.11 Å². The molecule has 134 valence electrons. The van der Waals surface area contributed by atoms with Gasteiger partial charge in [-0.15, -0.1) is 5.10 Å². The van der Waals surface area contributed by atoms with Crippen molar-refractivity contribution in [3.05, 3.63) is 40.7 Å². The number of aromatic nitrogens is 4. The van der Waals surface area contributed by atoms with E-state index in [1.165, 1.54) is 10.6 Å². The van der Waals surface area contributed by atoms with E-state index in [0.717, 1.165) is 17.7 Å². The van der Waals surface area contributed by atoms with Gasteiger partial charge in [0.15, 0.2) is 5.82 Å². The lowest BCUT2D eigenvalue weighted by atomic mass is 10.2. The molecular formula is C17H17N5O4. The lowest BCUT2D eigenvalue weighted by molar-refractivity contribution is -0.124. The van der Waals surface area contributed by atoms with Gasteiger partial charge in [0.1, 0.15) is 17.7 Å². The van der Waals surface area contributed by atoms with Crippen LogP contribution in [-0.2, 0) is 9.53 Å². The number of methoxy groups -OCH3 is 1. The Balaban J connectivity index is 1.70.